The number of amides is 3. The highest BCUT2D eigenvalue weighted by molar-refractivity contribution is 5.75. The van der Waals surface area contributed by atoms with Crippen LogP contribution in [0.4, 0.5) is 4.79 Å². The SMILES string of the molecule is CC(=O)N(Cc1cncnc1)[C@@H]1CCCN(C(=O)NC2CCC(C)CC2)CC1. The molecule has 0 aromatic carbocycles. The van der Waals surface area contributed by atoms with Gasteiger partial charge in [0.2, 0.25) is 5.91 Å². The van der Waals surface area contributed by atoms with Gasteiger partial charge in [-0.2, -0.15) is 0 Å². The Labute approximate surface area is 167 Å². The van der Waals surface area contributed by atoms with Crippen molar-refractivity contribution in [2.45, 2.75) is 77.4 Å². The van der Waals surface area contributed by atoms with Gasteiger partial charge in [-0.1, -0.05) is 6.92 Å². The summed E-state index contributed by atoms with van der Waals surface area (Å²) in [6.07, 6.45) is 12.2. The highest BCUT2D eigenvalue weighted by Crippen LogP contribution is 2.24. The van der Waals surface area contributed by atoms with Gasteiger partial charge < -0.3 is 15.1 Å². The number of carbonyl (C=O) groups excluding carboxylic acids is 2. The number of nitrogens with zero attached hydrogens (tertiary/aromatic N) is 4. The molecule has 0 radical (unpaired) electrons. The van der Waals surface area contributed by atoms with E-state index >= 15 is 0 Å². The third-order valence-corrected chi connectivity index (χ3v) is 6.14. The lowest BCUT2D eigenvalue weighted by Crippen LogP contribution is -2.46. The Morgan fingerprint density at radius 2 is 1.82 bits per heavy atom. The molecule has 1 aromatic rings. The number of likely N-dealkylation sites (tertiary alicyclic amines) is 1. The largest absolute Gasteiger partial charge is 0.335 e. The van der Waals surface area contributed by atoms with E-state index in [0.717, 1.165) is 50.1 Å². The summed E-state index contributed by atoms with van der Waals surface area (Å²) in [5.41, 5.74) is 0.933. The van der Waals surface area contributed by atoms with Crippen LogP contribution in [0.25, 0.3) is 0 Å². The van der Waals surface area contributed by atoms with E-state index in [1.807, 2.05) is 9.80 Å². The van der Waals surface area contributed by atoms with E-state index in [-0.39, 0.29) is 18.0 Å². The molecule has 0 bridgehead atoms. The summed E-state index contributed by atoms with van der Waals surface area (Å²) in [7, 11) is 0. The summed E-state index contributed by atoms with van der Waals surface area (Å²) in [6, 6.07) is 0.520. The molecular weight excluding hydrogens is 354 g/mol. The fourth-order valence-corrected chi connectivity index (χ4v) is 4.37. The predicted octanol–water partition coefficient (Wildman–Crippen LogP) is 2.97. The van der Waals surface area contributed by atoms with Gasteiger partial charge in [0.15, 0.2) is 0 Å². The van der Waals surface area contributed by atoms with Crippen LogP contribution >= 0.6 is 0 Å². The zero-order valence-electron chi connectivity index (χ0n) is 17.1. The molecule has 2 aliphatic rings. The Hall–Kier alpha value is -2.18. The minimum atomic E-state index is 0.0584. The highest BCUT2D eigenvalue weighted by atomic mass is 16.2. The van der Waals surface area contributed by atoms with Crippen molar-refractivity contribution in [3.05, 3.63) is 24.3 Å². The summed E-state index contributed by atoms with van der Waals surface area (Å²) >= 11 is 0. The summed E-state index contributed by atoms with van der Waals surface area (Å²) < 4.78 is 0. The molecule has 28 heavy (non-hydrogen) atoms. The van der Waals surface area contributed by atoms with E-state index in [2.05, 4.69) is 22.2 Å². The fraction of sp³-hybridized carbons (Fsp3) is 0.714. The molecule has 1 aromatic heterocycles. The van der Waals surface area contributed by atoms with Crippen molar-refractivity contribution in [2.24, 2.45) is 5.92 Å². The second kappa shape index (κ2) is 9.85. The van der Waals surface area contributed by atoms with Crippen LogP contribution in [0.3, 0.4) is 0 Å². The average Bonchev–Trinajstić information content (AvgIpc) is 2.94. The molecule has 2 fully saturated rings. The zero-order chi connectivity index (χ0) is 19.9. The van der Waals surface area contributed by atoms with Gasteiger partial charge in [-0.15, -0.1) is 0 Å². The molecule has 3 rings (SSSR count). The van der Waals surface area contributed by atoms with Gasteiger partial charge in [-0.25, -0.2) is 14.8 Å². The van der Waals surface area contributed by atoms with E-state index < -0.39 is 0 Å². The van der Waals surface area contributed by atoms with Crippen LogP contribution in [0.1, 0.15) is 64.4 Å². The molecule has 7 heteroatoms. The minimum Gasteiger partial charge on any atom is -0.335 e. The Balaban J connectivity index is 1.54. The second-order valence-electron chi connectivity index (χ2n) is 8.37. The quantitative estimate of drug-likeness (QED) is 0.861. The van der Waals surface area contributed by atoms with Gasteiger partial charge >= 0.3 is 6.03 Å². The van der Waals surface area contributed by atoms with Crippen molar-refractivity contribution in [1.29, 1.82) is 0 Å². The molecule has 3 amide bonds. The smallest absolute Gasteiger partial charge is 0.317 e. The molecule has 1 aliphatic carbocycles. The van der Waals surface area contributed by atoms with Crippen molar-refractivity contribution >= 4 is 11.9 Å². The van der Waals surface area contributed by atoms with Crippen molar-refractivity contribution in [2.75, 3.05) is 13.1 Å². The third kappa shape index (κ3) is 5.66. The topological polar surface area (TPSA) is 78.4 Å². The first-order valence-electron chi connectivity index (χ1n) is 10.6. The molecule has 7 nitrogen and oxygen atoms in total. The van der Waals surface area contributed by atoms with Crippen LogP contribution in [0, 0.1) is 5.92 Å². The molecule has 1 saturated heterocycles. The maximum atomic E-state index is 12.7. The summed E-state index contributed by atoms with van der Waals surface area (Å²) in [5.74, 6) is 0.836. The lowest BCUT2D eigenvalue weighted by Gasteiger charge is -2.31. The van der Waals surface area contributed by atoms with Gasteiger partial charge in [0.1, 0.15) is 6.33 Å². The Morgan fingerprint density at radius 3 is 2.50 bits per heavy atom. The molecule has 1 N–H and O–H groups in total. The Bertz CT molecular complexity index is 645. The zero-order valence-corrected chi connectivity index (χ0v) is 17.1. The van der Waals surface area contributed by atoms with Crippen molar-refractivity contribution < 1.29 is 9.59 Å². The monoisotopic (exact) mass is 387 g/mol. The summed E-state index contributed by atoms with van der Waals surface area (Å²) in [6.45, 7) is 5.87. The molecule has 1 saturated carbocycles. The van der Waals surface area contributed by atoms with Crippen LogP contribution in [0.5, 0.6) is 0 Å². The predicted molar refractivity (Wildman–Crippen MR) is 107 cm³/mol. The van der Waals surface area contributed by atoms with E-state index in [4.69, 9.17) is 0 Å². The molecular formula is C21H33N5O2. The second-order valence-corrected chi connectivity index (χ2v) is 8.37. The van der Waals surface area contributed by atoms with E-state index in [1.165, 1.54) is 19.2 Å². The molecule has 1 atom stereocenters. The number of aromatic nitrogens is 2. The first kappa shape index (κ1) is 20.6. The maximum absolute atomic E-state index is 12.7. The third-order valence-electron chi connectivity index (χ3n) is 6.14. The molecule has 1 aliphatic heterocycles. The van der Waals surface area contributed by atoms with Crippen molar-refractivity contribution in [1.82, 2.24) is 25.1 Å². The number of hydrogen-bond acceptors (Lipinski definition) is 4. The van der Waals surface area contributed by atoms with Crippen molar-refractivity contribution in [3.8, 4) is 0 Å². The van der Waals surface area contributed by atoms with E-state index in [0.29, 0.717) is 19.1 Å². The van der Waals surface area contributed by atoms with Crippen LogP contribution in [-0.4, -0.2) is 56.9 Å². The van der Waals surface area contributed by atoms with Gasteiger partial charge in [0.05, 0.1) is 0 Å². The maximum Gasteiger partial charge on any atom is 0.317 e. The Kier molecular flexibility index (Phi) is 7.23. The van der Waals surface area contributed by atoms with Gasteiger partial charge in [-0.05, 0) is 50.9 Å². The van der Waals surface area contributed by atoms with E-state index in [1.54, 1.807) is 19.3 Å². The number of rotatable bonds is 4. The van der Waals surface area contributed by atoms with Crippen molar-refractivity contribution in [3.63, 3.8) is 0 Å². The number of nitrogens with one attached hydrogen (secondary N) is 1. The first-order valence-corrected chi connectivity index (χ1v) is 10.6. The van der Waals surface area contributed by atoms with Gasteiger partial charge in [0, 0.05) is 56.6 Å². The molecule has 0 spiro atoms. The van der Waals surface area contributed by atoms with Crippen LogP contribution in [0.2, 0.25) is 0 Å². The molecule has 154 valence electrons. The number of carbonyl (C=O) groups is 2. The summed E-state index contributed by atoms with van der Waals surface area (Å²) in [4.78, 5) is 36.9. The highest BCUT2D eigenvalue weighted by Gasteiger charge is 2.28. The van der Waals surface area contributed by atoms with Crippen LogP contribution in [0.15, 0.2) is 18.7 Å². The van der Waals surface area contributed by atoms with Crippen LogP contribution in [-0.2, 0) is 11.3 Å². The van der Waals surface area contributed by atoms with Gasteiger partial charge in [-0.3, -0.25) is 4.79 Å². The standard InChI is InChI=1S/C21H33N5O2/c1-16-5-7-19(8-6-16)24-21(28)25-10-3-4-20(9-11-25)26(17(2)27)14-18-12-22-15-23-13-18/h12-13,15-16,19-20H,3-11,14H2,1-2H3,(H,24,28)/t16?,19?,20-/m1/s1. The average molecular weight is 388 g/mol. The number of hydrogen-bond donors (Lipinski definition) is 1. The van der Waals surface area contributed by atoms with Crippen LogP contribution < -0.4 is 5.32 Å². The molecule has 2 heterocycles. The number of urea groups is 1. The normalized spacial score (nSPS) is 25.6. The lowest BCUT2D eigenvalue weighted by molar-refractivity contribution is -0.132. The molecule has 0 unspecified atom stereocenters. The van der Waals surface area contributed by atoms with Gasteiger partial charge in [0.25, 0.3) is 0 Å². The first-order chi connectivity index (χ1) is 13.5. The van der Waals surface area contributed by atoms with E-state index in [9.17, 15) is 9.59 Å². The minimum absolute atomic E-state index is 0.0584. The summed E-state index contributed by atoms with van der Waals surface area (Å²) in [5, 5.41) is 3.23. The Morgan fingerprint density at radius 1 is 1.11 bits per heavy atom. The fourth-order valence-electron chi connectivity index (χ4n) is 4.37. The lowest BCUT2D eigenvalue weighted by atomic mass is 9.87.